The number of nitrogens with zero attached hydrogens (tertiary/aromatic N) is 1. The number of hydrogen-bond acceptors (Lipinski definition) is 5. The topological polar surface area (TPSA) is 98.7 Å². The maximum Gasteiger partial charge on any atom is 0.250 e. The van der Waals surface area contributed by atoms with E-state index in [9.17, 15) is 19.5 Å². The van der Waals surface area contributed by atoms with Crippen molar-refractivity contribution in [2.75, 3.05) is 5.32 Å². The minimum Gasteiger partial charge on any atom is -0.508 e. The molecule has 1 aliphatic carbocycles. The summed E-state index contributed by atoms with van der Waals surface area (Å²) in [5.74, 6) is -1.84. The minimum atomic E-state index is -1.25. The Bertz CT molecular complexity index is 1120. The van der Waals surface area contributed by atoms with E-state index in [0.29, 0.717) is 12.1 Å². The summed E-state index contributed by atoms with van der Waals surface area (Å²) in [4.78, 5) is 42.4. The Morgan fingerprint density at radius 1 is 0.969 bits per heavy atom. The van der Waals surface area contributed by atoms with Crippen LogP contribution in [0.25, 0.3) is 0 Å². The molecular weight excluding hydrogens is 406 g/mol. The molecule has 2 saturated heterocycles. The molecule has 0 unspecified atom stereocenters. The zero-order valence-corrected chi connectivity index (χ0v) is 17.6. The monoisotopic (exact) mass is 431 g/mol. The molecule has 2 aromatic rings. The van der Waals surface area contributed by atoms with E-state index < -0.39 is 17.4 Å². The van der Waals surface area contributed by atoms with Gasteiger partial charge < -0.3 is 10.4 Å². The number of imide groups is 1. The van der Waals surface area contributed by atoms with Gasteiger partial charge in [0.1, 0.15) is 11.3 Å². The Balaban J connectivity index is 1.46. The maximum atomic E-state index is 13.8. The molecule has 3 N–H and O–H groups in total. The van der Waals surface area contributed by atoms with Crippen LogP contribution < -0.4 is 10.6 Å². The van der Waals surface area contributed by atoms with Gasteiger partial charge in [0.2, 0.25) is 17.7 Å². The molecule has 32 heavy (non-hydrogen) atoms. The van der Waals surface area contributed by atoms with Gasteiger partial charge in [-0.3, -0.25) is 24.6 Å². The van der Waals surface area contributed by atoms with Crippen LogP contribution in [0, 0.1) is 11.8 Å². The summed E-state index contributed by atoms with van der Waals surface area (Å²) in [5.41, 5.74) is 1.11. The number of fused-ring (bicyclic) bond motifs is 4. The zero-order chi connectivity index (χ0) is 22.0. The van der Waals surface area contributed by atoms with Crippen molar-refractivity contribution in [2.45, 2.75) is 49.7 Å². The Kier molecular flexibility index (Phi) is 4.21. The van der Waals surface area contributed by atoms with Crippen LogP contribution in [0.2, 0.25) is 0 Å². The second-order valence-corrected chi connectivity index (χ2v) is 9.42. The molecule has 4 aliphatic rings. The molecule has 7 heteroatoms. The van der Waals surface area contributed by atoms with Gasteiger partial charge in [0.15, 0.2) is 0 Å². The molecule has 3 fully saturated rings. The van der Waals surface area contributed by atoms with E-state index in [-0.39, 0.29) is 35.6 Å². The number of likely N-dealkylation sites (tertiary alicyclic amines) is 1. The quantitative estimate of drug-likeness (QED) is 0.648. The van der Waals surface area contributed by atoms with Crippen molar-refractivity contribution >= 4 is 23.4 Å². The Morgan fingerprint density at radius 3 is 2.44 bits per heavy atom. The summed E-state index contributed by atoms with van der Waals surface area (Å²) in [6.07, 6.45) is 4.18. The molecular formula is C25H25N3O4. The number of carbonyl (C=O) groups excluding carboxylic acids is 3. The fourth-order valence-electron chi connectivity index (χ4n) is 6.36. The summed E-state index contributed by atoms with van der Waals surface area (Å²) >= 11 is 0. The van der Waals surface area contributed by atoms with E-state index in [1.54, 1.807) is 12.1 Å². The summed E-state index contributed by atoms with van der Waals surface area (Å²) in [5, 5.41) is 16.0. The molecule has 0 radical (unpaired) electrons. The number of phenols is 1. The summed E-state index contributed by atoms with van der Waals surface area (Å²) < 4.78 is 0. The van der Waals surface area contributed by atoms with Crippen molar-refractivity contribution in [3.8, 4) is 5.75 Å². The highest BCUT2D eigenvalue weighted by atomic mass is 16.3. The lowest BCUT2D eigenvalue weighted by atomic mass is 9.76. The standard InChI is InChI=1S/C25H25N3O4/c29-16-11-9-14(10-12-16)13-19-20-21(23(31)28(22(20)30)15-5-1-2-6-15)25(27-19)17-7-3-4-8-18(17)26-24(25)32/h3-4,7-12,15,19-21,27,29H,1-2,5-6,13H2,(H,26,32)/t19-,20-,21+,25+/m1/s1. The molecule has 3 heterocycles. The van der Waals surface area contributed by atoms with Crippen molar-refractivity contribution < 1.29 is 19.5 Å². The highest BCUT2D eigenvalue weighted by molar-refractivity contribution is 6.15. The minimum absolute atomic E-state index is 0.0633. The molecule has 1 spiro atoms. The molecule has 3 amide bonds. The van der Waals surface area contributed by atoms with Gasteiger partial charge in [0.25, 0.3) is 0 Å². The van der Waals surface area contributed by atoms with Gasteiger partial charge in [-0.2, -0.15) is 0 Å². The van der Waals surface area contributed by atoms with Crippen LogP contribution in [0.1, 0.15) is 36.8 Å². The second kappa shape index (κ2) is 6.90. The molecule has 7 nitrogen and oxygen atoms in total. The van der Waals surface area contributed by atoms with Gasteiger partial charge in [-0.15, -0.1) is 0 Å². The van der Waals surface area contributed by atoms with Crippen molar-refractivity contribution in [3.63, 3.8) is 0 Å². The molecule has 3 aliphatic heterocycles. The third-order valence-electron chi connectivity index (χ3n) is 7.74. The van der Waals surface area contributed by atoms with Crippen molar-refractivity contribution in [1.29, 1.82) is 0 Å². The van der Waals surface area contributed by atoms with Crippen LogP contribution in [0.4, 0.5) is 5.69 Å². The van der Waals surface area contributed by atoms with E-state index in [2.05, 4.69) is 10.6 Å². The molecule has 0 aromatic heterocycles. The van der Waals surface area contributed by atoms with Gasteiger partial charge in [-0.05, 0) is 43.0 Å². The van der Waals surface area contributed by atoms with Crippen molar-refractivity contribution in [3.05, 3.63) is 59.7 Å². The van der Waals surface area contributed by atoms with E-state index in [1.807, 2.05) is 36.4 Å². The molecule has 2 aromatic carbocycles. The predicted octanol–water partition coefficient (Wildman–Crippen LogP) is 2.30. The van der Waals surface area contributed by atoms with Gasteiger partial charge in [-0.25, -0.2) is 0 Å². The zero-order valence-electron chi connectivity index (χ0n) is 17.6. The van der Waals surface area contributed by atoms with E-state index in [4.69, 9.17) is 0 Å². The number of amides is 3. The fourth-order valence-corrected chi connectivity index (χ4v) is 6.36. The smallest absolute Gasteiger partial charge is 0.250 e. The number of rotatable bonds is 3. The Hall–Kier alpha value is -3.19. The van der Waals surface area contributed by atoms with E-state index in [0.717, 1.165) is 36.8 Å². The normalized spacial score (nSPS) is 31.4. The van der Waals surface area contributed by atoms with Gasteiger partial charge in [0.05, 0.1) is 11.8 Å². The van der Waals surface area contributed by atoms with Crippen LogP contribution in [-0.4, -0.2) is 39.8 Å². The number of para-hydroxylation sites is 1. The molecule has 0 bridgehead atoms. The summed E-state index contributed by atoms with van der Waals surface area (Å²) in [6.45, 7) is 0. The first-order chi connectivity index (χ1) is 15.5. The first-order valence-electron chi connectivity index (χ1n) is 11.3. The van der Waals surface area contributed by atoms with Crippen LogP contribution >= 0.6 is 0 Å². The van der Waals surface area contributed by atoms with E-state index in [1.165, 1.54) is 4.90 Å². The Labute approximate surface area is 185 Å². The SMILES string of the molecule is O=C1[C@H]2[C@@H](C(=O)N1C1CCCC1)[C@]1(N[C@@H]2Cc2ccc(O)cc2)C(=O)Nc2ccccc21. The first kappa shape index (κ1) is 19.5. The average molecular weight is 431 g/mol. The lowest BCUT2D eigenvalue weighted by Crippen LogP contribution is -2.54. The number of hydrogen-bond donors (Lipinski definition) is 3. The number of phenolic OH excluding ortho intramolecular Hbond substituents is 1. The maximum absolute atomic E-state index is 13.8. The summed E-state index contributed by atoms with van der Waals surface area (Å²) in [7, 11) is 0. The number of carbonyl (C=O) groups is 3. The van der Waals surface area contributed by atoms with Gasteiger partial charge in [0, 0.05) is 23.3 Å². The lowest BCUT2D eigenvalue weighted by molar-refractivity contribution is -0.145. The molecule has 164 valence electrons. The average Bonchev–Trinajstić information content (AvgIpc) is 3.52. The highest BCUT2D eigenvalue weighted by Gasteiger charge is 2.70. The van der Waals surface area contributed by atoms with Crippen LogP contribution in [0.15, 0.2) is 48.5 Å². The third kappa shape index (κ3) is 2.54. The van der Waals surface area contributed by atoms with Crippen LogP contribution in [-0.2, 0) is 26.3 Å². The van der Waals surface area contributed by atoms with Crippen molar-refractivity contribution in [1.82, 2.24) is 10.2 Å². The number of aromatic hydroxyl groups is 1. The molecule has 1 saturated carbocycles. The Morgan fingerprint density at radius 2 is 1.69 bits per heavy atom. The summed E-state index contributed by atoms with van der Waals surface area (Å²) in [6, 6.07) is 13.8. The van der Waals surface area contributed by atoms with Crippen LogP contribution in [0.3, 0.4) is 0 Å². The predicted molar refractivity (Wildman–Crippen MR) is 117 cm³/mol. The fraction of sp³-hybridized carbons (Fsp3) is 0.400. The number of anilines is 1. The highest BCUT2D eigenvalue weighted by Crippen LogP contribution is 2.54. The van der Waals surface area contributed by atoms with E-state index >= 15 is 0 Å². The molecule has 6 rings (SSSR count). The molecule has 4 atom stereocenters. The largest absolute Gasteiger partial charge is 0.508 e. The first-order valence-corrected chi connectivity index (χ1v) is 11.3. The van der Waals surface area contributed by atoms with Gasteiger partial charge in [-0.1, -0.05) is 43.2 Å². The lowest BCUT2D eigenvalue weighted by Gasteiger charge is -2.31. The van der Waals surface area contributed by atoms with Crippen molar-refractivity contribution in [2.24, 2.45) is 11.8 Å². The van der Waals surface area contributed by atoms with Crippen LogP contribution in [0.5, 0.6) is 5.75 Å². The third-order valence-corrected chi connectivity index (χ3v) is 7.74. The number of benzene rings is 2. The number of nitrogens with one attached hydrogen (secondary N) is 2. The van der Waals surface area contributed by atoms with Gasteiger partial charge >= 0.3 is 0 Å². The second-order valence-electron chi connectivity index (χ2n) is 9.42.